The first-order chi connectivity index (χ1) is 15.5. The Morgan fingerprint density at radius 3 is 2.72 bits per heavy atom. The van der Waals surface area contributed by atoms with Crippen LogP contribution in [0, 0.1) is 6.92 Å². The highest BCUT2D eigenvalue weighted by Gasteiger charge is 2.25. The van der Waals surface area contributed by atoms with Crippen LogP contribution in [0.3, 0.4) is 0 Å². The van der Waals surface area contributed by atoms with E-state index < -0.39 is 5.91 Å². The fourth-order valence-corrected chi connectivity index (χ4v) is 2.88. The summed E-state index contributed by atoms with van der Waals surface area (Å²) >= 11 is 0. The standard InChI is InChI=1S/C20H18N8O4/c1-11-3-6-13(7-4-11)17-16(23-27-28(17)19-18(21)25-32-26-19)20(30)24-22-10-12-5-8-14(29)15(9-12)31-2/h3-10,29H,1-2H3,(H2,21,25)(H,24,30). The molecule has 0 saturated carbocycles. The van der Waals surface area contributed by atoms with E-state index in [9.17, 15) is 9.90 Å². The second-order valence-corrected chi connectivity index (χ2v) is 6.67. The van der Waals surface area contributed by atoms with E-state index in [1.54, 1.807) is 12.1 Å². The van der Waals surface area contributed by atoms with Gasteiger partial charge in [0, 0.05) is 5.56 Å². The zero-order valence-electron chi connectivity index (χ0n) is 17.1. The number of nitrogens with zero attached hydrogens (tertiary/aromatic N) is 6. The molecule has 2 aromatic carbocycles. The second-order valence-electron chi connectivity index (χ2n) is 6.67. The molecule has 0 radical (unpaired) electrons. The Morgan fingerprint density at radius 2 is 2.03 bits per heavy atom. The number of nitrogens with one attached hydrogen (secondary N) is 1. The third-order valence-electron chi connectivity index (χ3n) is 4.49. The summed E-state index contributed by atoms with van der Waals surface area (Å²) in [5.41, 5.74) is 10.8. The number of ether oxygens (including phenoxy) is 1. The number of hydrogen-bond acceptors (Lipinski definition) is 10. The van der Waals surface area contributed by atoms with Crippen molar-refractivity contribution in [2.75, 3.05) is 12.8 Å². The van der Waals surface area contributed by atoms with Gasteiger partial charge in [0.05, 0.1) is 13.3 Å². The average Bonchev–Trinajstić information content (AvgIpc) is 3.41. The molecule has 0 atom stereocenters. The van der Waals surface area contributed by atoms with Crippen molar-refractivity contribution < 1.29 is 19.3 Å². The number of methoxy groups -OCH3 is 1. The van der Waals surface area contributed by atoms with Gasteiger partial charge in [0.25, 0.3) is 5.91 Å². The van der Waals surface area contributed by atoms with E-state index in [4.69, 9.17) is 10.5 Å². The predicted molar refractivity (Wildman–Crippen MR) is 114 cm³/mol. The van der Waals surface area contributed by atoms with Gasteiger partial charge in [-0.3, -0.25) is 4.79 Å². The van der Waals surface area contributed by atoms with E-state index >= 15 is 0 Å². The zero-order valence-corrected chi connectivity index (χ0v) is 17.1. The fraction of sp³-hybridized carbons (Fsp3) is 0.100. The van der Waals surface area contributed by atoms with Gasteiger partial charge in [-0.25, -0.2) is 10.1 Å². The molecule has 12 heteroatoms. The summed E-state index contributed by atoms with van der Waals surface area (Å²) in [7, 11) is 1.44. The topological polar surface area (TPSA) is 167 Å². The van der Waals surface area contributed by atoms with Crippen molar-refractivity contribution >= 4 is 17.9 Å². The Morgan fingerprint density at radius 1 is 1.25 bits per heavy atom. The number of nitrogen functional groups attached to an aromatic ring is 1. The number of carbonyl (C=O) groups is 1. The molecule has 4 N–H and O–H groups in total. The summed E-state index contributed by atoms with van der Waals surface area (Å²) in [4.78, 5) is 12.8. The number of aromatic hydroxyl groups is 1. The minimum absolute atomic E-state index is 0.00307. The van der Waals surface area contributed by atoms with Crippen molar-refractivity contribution in [3.05, 3.63) is 59.3 Å². The van der Waals surface area contributed by atoms with Crippen molar-refractivity contribution in [2.24, 2.45) is 5.10 Å². The van der Waals surface area contributed by atoms with Crippen LogP contribution in [0.1, 0.15) is 21.6 Å². The maximum atomic E-state index is 12.8. The number of anilines is 1. The predicted octanol–water partition coefficient (Wildman–Crippen LogP) is 1.69. The number of aromatic nitrogens is 5. The smallest absolute Gasteiger partial charge is 0.294 e. The highest BCUT2D eigenvalue weighted by Crippen LogP contribution is 2.27. The molecule has 0 aliphatic heterocycles. The monoisotopic (exact) mass is 434 g/mol. The Labute approximate surface area is 181 Å². The van der Waals surface area contributed by atoms with Gasteiger partial charge in [-0.2, -0.15) is 9.78 Å². The van der Waals surface area contributed by atoms with Crippen molar-refractivity contribution in [2.45, 2.75) is 6.92 Å². The molecule has 2 aromatic heterocycles. The molecule has 2 heterocycles. The number of aryl methyl sites for hydroxylation is 1. The van der Waals surface area contributed by atoms with Crippen LogP contribution in [0.2, 0.25) is 0 Å². The summed E-state index contributed by atoms with van der Waals surface area (Å²) in [5, 5.41) is 28.9. The quantitative estimate of drug-likeness (QED) is 0.302. The van der Waals surface area contributed by atoms with E-state index in [-0.39, 0.29) is 28.8 Å². The molecule has 1 amide bonds. The van der Waals surface area contributed by atoms with Crippen LogP contribution in [-0.2, 0) is 0 Å². The number of benzene rings is 2. The lowest BCUT2D eigenvalue weighted by Crippen LogP contribution is -2.19. The molecule has 0 aliphatic rings. The number of phenols is 1. The number of nitrogens with two attached hydrogens (primary N) is 1. The van der Waals surface area contributed by atoms with E-state index in [1.807, 2.05) is 31.2 Å². The van der Waals surface area contributed by atoms with E-state index in [0.717, 1.165) is 5.56 Å². The molecule has 4 rings (SSSR count). The lowest BCUT2D eigenvalue weighted by atomic mass is 10.1. The van der Waals surface area contributed by atoms with E-state index in [1.165, 1.54) is 24.1 Å². The number of rotatable bonds is 6. The summed E-state index contributed by atoms with van der Waals surface area (Å²) in [5.74, 6) is -0.233. The van der Waals surface area contributed by atoms with Gasteiger partial charge >= 0.3 is 0 Å². The van der Waals surface area contributed by atoms with Gasteiger partial charge in [0.2, 0.25) is 11.6 Å². The van der Waals surface area contributed by atoms with Gasteiger partial charge < -0.3 is 15.6 Å². The van der Waals surface area contributed by atoms with Crippen molar-refractivity contribution in [3.63, 3.8) is 0 Å². The van der Waals surface area contributed by atoms with Gasteiger partial charge in [-0.1, -0.05) is 35.0 Å². The SMILES string of the molecule is COc1cc(C=NNC(=O)c2nnn(-c3nonc3N)c2-c2ccc(C)cc2)ccc1O. The fourth-order valence-electron chi connectivity index (χ4n) is 2.88. The highest BCUT2D eigenvalue weighted by atomic mass is 16.6. The minimum Gasteiger partial charge on any atom is -0.504 e. The first kappa shape index (κ1) is 20.5. The summed E-state index contributed by atoms with van der Waals surface area (Å²) < 4.78 is 11.0. The largest absolute Gasteiger partial charge is 0.504 e. The molecule has 162 valence electrons. The van der Waals surface area contributed by atoms with Crippen LogP contribution in [0.5, 0.6) is 11.5 Å². The maximum Gasteiger partial charge on any atom is 0.294 e. The zero-order chi connectivity index (χ0) is 22.7. The molecule has 12 nitrogen and oxygen atoms in total. The first-order valence-electron chi connectivity index (χ1n) is 9.29. The highest BCUT2D eigenvalue weighted by molar-refractivity contribution is 5.98. The Balaban J connectivity index is 1.65. The molecule has 0 unspecified atom stereocenters. The third kappa shape index (κ3) is 3.96. The Kier molecular flexibility index (Phi) is 5.49. The first-order valence-corrected chi connectivity index (χ1v) is 9.29. The Bertz CT molecular complexity index is 1290. The van der Waals surface area contributed by atoms with Crippen LogP contribution in [0.15, 0.2) is 52.2 Å². The molecular formula is C20H18N8O4. The minimum atomic E-state index is -0.608. The van der Waals surface area contributed by atoms with E-state index in [2.05, 4.69) is 35.8 Å². The van der Waals surface area contributed by atoms with Gasteiger partial charge in [0.15, 0.2) is 17.2 Å². The normalized spacial score (nSPS) is 11.1. The molecule has 0 aliphatic carbocycles. The van der Waals surface area contributed by atoms with Gasteiger partial charge in [-0.15, -0.1) is 5.10 Å². The van der Waals surface area contributed by atoms with E-state index in [0.29, 0.717) is 16.8 Å². The average molecular weight is 434 g/mol. The molecule has 0 bridgehead atoms. The lowest BCUT2D eigenvalue weighted by Gasteiger charge is -2.06. The Hall–Kier alpha value is -4.74. The maximum absolute atomic E-state index is 12.8. The summed E-state index contributed by atoms with van der Waals surface area (Å²) in [6.07, 6.45) is 1.40. The van der Waals surface area contributed by atoms with Gasteiger partial charge in [-0.05, 0) is 41.0 Å². The molecule has 0 saturated heterocycles. The molecule has 32 heavy (non-hydrogen) atoms. The molecular weight excluding hydrogens is 416 g/mol. The van der Waals surface area contributed by atoms with Crippen LogP contribution in [-0.4, -0.2) is 49.6 Å². The number of amides is 1. The third-order valence-corrected chi connectivity index (χ3v) is 4.49. The number of carbonyl (C=O) groups excluding carboxylic acids is 1. The number of phenolic OH excluding ortho intramolecular Hbond substituents is 1. The van der Waals surface area contributed by atoms with Crippen LogP contribution < -0.4 is 15.9 Å². The van der Waals surface area contributed by atoms with Crippen molar-refractivity contribution in [1.29, 1.82) is 0 Å². The second kappa shape index (κ2) is 8.55. The summed E-state index contributed by atoms with van der Waals surface area (Å²) in [6, 6.07) is 12.0. The van der Waals surface area contributed by atoms with Crippen LogP contribution >= 0.6 is 0 Å². The van der Waals surface area contributed by atoms with Crippen LogP contribution in [0.4, 0.5) is 5.82 Å². The van der Waals surface area contributed by atoms with Gasteiger partial charge in [0.1, 0.15) is 5.69 Å². The van der Waals surface area contributed by atoms with Crippen molar-refractivity contribution in [1.82, 2.24) is 30.7 Å². The molecule has 4 aromatic rings. The number of hydrazone groups is 1. The van der Waals surface area contributed by atoms with Crippen LogP contribution in [0.25, 0.3) is 17.1 Å². The number of hydrogen-bond donors (Lipinski definition) is 3. The summed E-state index contributed by atoms with van der Waals surface area (Å²) in [6.45, 7) is 1.94. The van der Waals surface area contributed by atoms with Crippen molar-refractivity contribution in [3.8, 4) is 28.6 Å². The molecule has 0 spiro atoms. The molecule has 0 fully saturated rings. The lowest BCUT2D eigenvalue weighted by molar-refractivity contribution is 0.0950.